The van der Waals surface area contributed by atoms with Crippen LogP contribution in [0.1, 0.15) is 12.8 Å². The zero-order chi connectivity index (χ0) is 15.4. The monoisotopic (exact) mass is 376 g/mol. The predicted molar refractivity (Wildman–Crippen MR) is 64.5 cm³/mol. The van der Waals surface area contributed by atoms with Crippen LogP contribution in [0.5, 0.6) is 0 Å². The van der Waals surface area contributed by atoms with Gasteiger partial charge >= 0.3 is 0 Å². The van der Waals surface area contributed by atoms with Crippen LogP contribution in [0.4, 0.5) is 0 Å². The van der Waals surface area contributed by atoms with E-state index in [9.17, 15) is 14.4 Å². The van der Waals surface area contributed by atoms with E-state index in [-0.39, 0.29) is 52.2 Å². The topological polar surface area (TPSA) is 142 Å². The molecule has 1 aliphatic rings. The normalized spacial score (nSPS) is 12.7. The van der Waals surface area contributed by atoms with E-state index in [0.29, 0.717) is 24.8 Å². The number of aliphatic hydroxyl groups excluding tert-OH is 1. The van der Waals surface area contributed by atoms with Gasteiger partial charge in [-0.3, -0.25) is 21.3 Å². The van der Waals surface area contributed by atoms with Crippen LogP contribution >= 0.6 is 0 Å². The Hall–Kier alpha value is -1.19. The Morgan fingerprint density at radius 1 is 1.38 bits per heavy atom. The summed E-state index contributed by atoms with van der Waals surface area (Å²) < 4.78 is 4.77. The summed E-state index contributed by atoms with van der Waals surface area (Å²) in [4.78, 5) is 38.4. The number of nitrogens with zero attached hydrogens (tertiary/aromatic N) is 4. The van der Waals surface area contributed by atoms with Crippen molar-refractivity contribution in [2.24, 2.45) is 5.11 Å². The van der Waals surface area contributed by atoms with Crippen LogP contribution in [-0.4, -0.2) is 54.3 Å². The van der Waals surface area contributed by atoms with Gasteiger partial charge in [0.1, 0.15) is 0 Å². The fourth-order valence-electron chi connectivity index (χ4n) is 1.08. The predicted octanol–water partition coefficient (Wildman–Crippen LogP) is -0.269. The first kappa shape index (κ1) is 22.1. The molecule has 1 fully saturated rings. The van der Waals surface area contributed by atoms with Gasteiger partial charge in [-0.15, -0.1) is 5.06 Å². The Labute approximate surface area is 146 Å². The first-order chi connectivity index (χ1) is 9.52. The van der Waals surface area contributed by atoms with Gasteiger partial charge in [-0.1, -0.05) is 5.11 Å². The van der Waals surface area contributed by atoms with E-state index in [0.717, 1.165) is 0 Å². The Bertz CT molecular complexity index is 383. The number of hydrogen-bond donors (Lipinski definition) is 1. The van der Waals surface area contributed by atoms with Crippen molar-refractivity contribution in [3.63, 3.8) is 0 Å². The first-order valence-electron chi connectivity index (χ1n) is 5.62. The maximum Gasteiger partial charge on any atom is 0.263 e. The van der Waals surface area contributed by atoms with Gasteiger partial charge in [-0.05, 0) is 5.53 Å². The van der Waals surface area contributed by atoms with Gasteiger partial charge in [-0.25, -0.2) is 0 Å². The minimum atomic E-state index is -0.909. The summed E-state index contributed by atoms with van der Waals surface area (Å²) >= 11 is 0. The van der Waals surface area contributed by atoms with E-state index in [2.05, 4.69) is 21.8 Å². The fourth-order valence-corrected chi connectivity index (χ4v) is 1.08. The van der Waals surface area contributed by atoms with Crippen molar-refractivity contribution in [2.75, 3.05) is 26.4 Å². The number of azide groups is 1. The number of hydroxylamine groups is 2. The average molecular weight is 376 g/mol. The third kappa shape index (κ3) is 11.2. The molecule has 1 N–H and O–H groups in total. The molecule has 115 valence electrons. The number of hydrogen-bond acceptors (Lipinski definition) is 7. The van der Waals surface area contributed by atoms with Crippen LogP contribution in [-0.2, 0) is 56.7 Å². The third-order valence-electron chi connectivity index (χ3n) is 1.83. The largest absolute Gasteiger partial charge is 0.394 e. The second-order valence-corrected chi connectivity index (χ2v) is 3.34. The molecule has 0 spiro atoms. The third-order valence-corrected chi connectivity index (χ3v) is 1.83. The summed E-state index contributed by atoms with van der Waals surface area (Å²) in [5.74, 6) is -1.90. The summed E-state index contributed by atoms with van der Waals surface area (Å²) in [6, 6.07) is 0. The van der Waals surface area contributed by atoms with Crippen LogP contribution in [0.25, 0.3) is 10.4 Å². The minimum absolute atomic E-state index is 0. The first-order valence-corrected chi connectivity index (χ1v) is 5.62. The number of carbonyl (C=O) groups excluding carboxylic acids is 3. The summed E-state index contributed by atoms with van der Waals surface area (Å²) in [6.45, 7) is 3.89. The van der Waals surface area contributed by atoms with E-state index in [1.54, 1.807) is 0 Å². The standard InChI is InChI=1S/C6H6NO4.C4H9N3O2.Y/c1-4(8)11-7-5(9)2-3-6(7)10;5-7-6-1-3-9-4-2-8;/h1-3H2;8H,1-4H2;/q-1;;. The van der Waals surface area contributed by atoms with Crippen LogP contribution in [0.2, 0.25) is 0 Å². The Morgan fingerprint density at radius 3 is 2.38 bits per heavy atom. The zero-order valence-corrected chi connectivity index (χ0v) is 14.1. The van der Waals surface area contributed by atoms with Crippen LogP contribution in [0.15, 0.2) is 5.11 Å². The molecule has 1 radical (unpaired) electrons. The van der Waals surface area contributed by atoms with Crippen LogP contribution < -0.4 is 0 Å². The molecule has 0 unspecified atom stereocenters. The molecule has 0 aromatic carbocycles. The van der Waals surface area contributed by atoms with Gasteiger partial charge in [0.2, 0.25) is 5.97 Å². The van der Waals surface area contributed by atoms with E-state index < -0.39 is 17.8 Å². The van der Waals surface area contributed by atoms with Crippen LogP contribution in [0.3, 0.4) is 0 Å². The number of imide groups is 1. The molecule has 0 aromatic heterocycles. The van der Waals surface area contributed by atoms with Crippen molar-refractivity contribution in [1.82, 2.24) is 5.06 Å². The fraction of sp³-hybridized carbons (Fsp3) is 0.600. The maximum atomic E-state index is 10.7. The summed E-state index contributed by atoms with van der Waals surface area (Å²) in [5, 5.41) is 11.9. The van der Waals surface area contributed by atoms with Crippen molar-refractivity contribution in [3.8, 4) is 0 Å². The summed E-state index contributed by atoms with van der Waals surface area (Å²) in [6.07, 6.45) is 0.207. The molecule has 1 aliphatic heterocycles. The molecule has 11 heteroatoms. The molecule has 10 nitrogen and oxygen atoms in total. The zero-order valence-electron chi connectivity index (χ0n) is 11.3. The molecule has 2 amide bonds. The Balaban J connectivity index is 0. The molecule has 0 aromatic rings. The molecule has 0 bridgehead atoms. The molecule has 0 aliphatic carbocycles. The Morgan fingerprint density at radius 2 is 1.95 bits per heavy atom. The van der Waals surface area contributed by atoms with E-state index in [1.807, 2.05) is 0 Å². The summed E-state index contributed by atoms with van der Waals surface area (Å²) in [5.41, 5.74) is 7.78. The van der Waals surface area contributed by atoms with E-state index >= 15 is 0 Å². The smallest absolute Gasteiger partial charge is 0.263 e. The van der Waals surface area contributed by atoms with Crippen molar-refractivity contribution in [3.05, 3.63) is 17.4 Å². The number of ether oxygens (including phenoxy) is 1. The van der Waals surface area contributed by atoms with Crippen LogP contribution in [0, 0.1) is 6.92 Å². The molecular formula is C10H15N4O6Y-. The van der Waals surface area contributed by atoms with Crippen molar-refractivity contribution in [1.29, 1.82) is 0 Å². The molecule has 0 saturated carbocycles. The molecular weight excluding hydrogens is 361 g/mol. The Kier molecular flexibility index (Phi) is 14.5. The number of carbonyl (C=O) groups is 3. The second kappa shape index (κ2) is 13.8. The molecule has 0 atom stereocenters. The maximum absolute atomic E-state index is 10.7. The second-order valence-electron chi connectivity index (χ2n) is 3.34. The van der Waals surface area contributed by atoms with Crippen molar-refractivity contribution >= 4 is 17.8 Å². The van der Waals surface area contributed by atoms with Gasteiger partial charge in [0.05, 0.1) is 19.8 Å². The number of amides is 2. The van der Waals surface area contributed by atoms with E-state index in [1.165, 1.54) is 0 Å². The molecule has 1 heterocycles. The van der Waals surface area contributed by atoms with Gasteiger partial charge < -0.3 is 14.7 Å². The number of rotatable bonds is 6. The number of aliphatic hydroxyl groups is 1. The average Bonchev–Trinajstić information content (AvgIpc) is 2.71. The van der Waals surface area contributed by atoms with Gasteiger partial charge in [0, 0.05) is 57.0 Å². The van der Waals surface area contributed by atoms with Gasteiger partial charge in [0.25, 0.3) is 11.8 Å². The molecule has 21 heavy (non-hydrogen) atoms. The van der Waals surface area contributed by atoms with E-state index in [4.69, 9.17) is 15.4 Å². The van der Waals surface area contributed by atoms with Gasteiger partial charge in [0.15, 0.2) is 0 Å². The summed E-state index contributed by atoms with van der Waals surface area (Å²) in [7, 11) is 0. The molecule has 1 rings (SSSR count). The quantitative estimate of drug-likeness (QED) is 0.169. The minimum Gasteiger partial charge on any atom is -0.394 e. The van der Waals surface area contributed by atoms with Crippen molar-refractivity contribution < 1.29 is 61.8 Å². The molecule has 1 saturated heterocycles. The van der Waals surface area contributed by atoms with Crippen molar-refractivity contribution in [2.45, 2.75) is 12.8 Å². The SMILES string of the molecule is [CH2-]C(=O)ON1C(=O)CCC1=O.[N-]=[N+]=NCCOCCO.[Y]. The van der Waals surface area contributed by atoms with Gasteiger partial charge in [-0.2, -0.15) is 0 Å².